The molecule has 2 N–H and O–H groups in total. The fraction of sp³-hybridized carbons (Fsp3) is 0.625. The predicted octanol–water partition coefficient (Wildman–Crippen LogP) is 3.02. The van der Waals surface area contributed by atoms with Gasteiger partial charge in [-0.3, -0.25) is 0 Å². The Morgan fingerprint density at radius 3 is 2.24 bits per heavy atom. The first kappa shape index (κ1) is 16.3. The molecule has 0 unspecified atom stereocenters. The van der Waals surface area contributed by atoms with E-state index in [1.54, 1.807) is 29.4 Å². The number of nitrogens with zero attached hydrogens (tertiary/aromatic N) is 1. The molecule has 5 heteroatoms. The summed E-state index contributed by atoms with van der Waals surface area (Å²) >= 11 is 0. The SMILES string of the molecule is Cc1cccc(N)c1S(=O)(=O)N1CCC(C(C)(C)C)CC1. The highest BCUT2D eigenvalue weighted by Gasteiger charge is 2.35. The van der Waals surface area contributed by atoms with Crippen LogP contribution in [0.2, 0.25) is 0 Å². The van der Waals surface area contributed by atoms with E-state index in [0.717, 1.165) is 12.8 Å². The van der Waals surface area contributed by atoms with Gasteiger partial charge < -0.3 is 5.73 Å². The molecular formula is C16H26N2O2S. The van der Waals surface area contributed by atoms with Gasteiger partial charge in [-0.05, 0) is 42.7 Å². The first-order chi connectivity index (χ1) is 9.64. The zero-order valence-corrected chi connectivity index (χ0v) is 14.2. The van der Waals surface area contributed by atoms with Crippen molar-refractivity contribution in [3.8, 4) is 0 Å². The van der Waals surface area contributed by atoms with Gasteiger partial charge in [-0.25, -0.2) is 8.42 Å². The van der Waals surface area contributed by atoms with Crippen molar-refractivity contribution in [3.05, 3.63) is 23.8 Å². The lowest BCUT2D eigenvalue weighted by atomic mass is 9.76. The summed E-state index contributed by atoms with van der Waals surface area (Å²) in [6.07, 6.45) is 1.82. The molecule has 1 aromatic carbocycles. The van der Waals surface area contributed by atoms with Crippen LogP contribution in [0.1, 0.15) is 39.2 Å². The summed E-state index contributed by atoms with van der Waals surface area (Å²) in [6, 6.07) is 5.24. The third-order valence-electron chi connectivity index (χ3n) is 4.52. The first-order valence-electron chi connectivity index (χ1n) is 7.49. The Balaban J connectivity index is 2.23. The molecule has 2 rings (SSSR count). The van der Waals surface area contributed by atoms with Crippen LogP contribution < -0.4 is 5.73 Å². The topological polar surface area (TPSA) is 63.4 Å². The molecule has 118 valence electrons. The van der Waals surface area contributed by atoms with Crippen LogP contribution in [0.4, 0.5) is 5.69 Å². The smallest absolute Gasteiger partial charge is 0.245 e. The molecule has 4 nitrogen and oxygen atoms in total. The molecule has 1 aromatic rings. The first-order valence-corrected chi connectivity index (χ1v) is 8.93. The second-order valence-electron chi connectivity index (χ2n) is 7.04. The van der Waals surface area contributed by atoms with Crippen LogP contribution in [0, 0.1) is 18.3 Å². The van der Waals surface area contributed by atoms with Crippen molar-refractivity contribution in [2.45, 2.75) is 45.4 Å². The molecule has 1 fully saturated rings. The average Bonchev–Trinajstić information content (AvgIpc) is 2.37. The number of aryl methyl sites for hydroxylation is 1. The molecule has 0 saturated carbocycles. The summed E-state index contributed by atoms with van der Waals surface area (Å²) in [5.41, 5.74) is 7.19. The molecule has 0 atom stereocenters. The van der Waals surface area contributed by atoms with E-state index in [0.29, 0.717) is 30.3 Å². The third-order valence-corrected chi connectivity index (χ3v) is 6.64. The summed E-state index contributed by atoms with van der Waals surface area (Å²) in [7, 11) is -3.48. The van der Waals surface area contributed by atoms with Crippen LogP contribution in [0.3, 0.4) is 0 Å². The van der Waals surface area contributed by atoms with E-state index < -0.39 is 10.0 Å². The third kappa shape index (κ3) is 3.24. The number of nitrogens with two attached hydrogens (primary N) is 1. The minimum absolute atomic E-state index is 0.234. The lowest BCUT2D eigenvalue weighted by molar-refractivity contribution is 0.154. The van der Waals surface area contributed by atoms with Crippen molar-refractivity contribution < 1.29 is 8.42 Å². The van der Waals surface area contributed by atoms with Crippen LogP contribution >= 0.6 is 0 Å². The summed E-state index contributed by atoms with van der Waals surface area (Å²) in [6.45, 7) is 9.63. The number of piperidine rings is 1. The van der Waals surface area contributed by atoms with Crippen LogP contribution in [0.25, 0.3) is 0 Å². The number of sulfonamides is 1. The zero-order valence-electron chi connectivity index (χ0n) is 13.4. The molecule has 0 spiro atoms. The van der Waals surface area contributed by atoms with Gasteiger partial charge in [-0.1, -0.05) is 32.9 Å². The van der Waals surface area contributed by atoms with Gasteiger partial charge >= 0.3 is 0 Å². The molecule has 0 bridgehead atoms. The molecule has 1 aliphatic heterocycles. The van der Waals surface area contributed by atoms with Crippen molar-refractivity contribution in [1.82, 2.24) is 4.31 Å². The molecule has 0 amide bonds. The lowest BCUT2D eigenvalue weighted by Crippen LogP contribution is -2.41. The minimum atomic E-state index is -3.48. The molecule has 1 heterocycles. The zero-order chi connectivity index (χ0) is 15.8. The van der Waals surface area contributed by atoms with Crippen LogP contribution in [-0.2, 0) is 10.0 Å². The van der Waals surface area contributed by atoms with Crippen molar-refractivity contribution >= 4 is 15.7 Å². The minimum Gasteiger partial charge on any atom is -0.398 e. The number of benzene rings is 1. The normalized spacial score (nSPS) is 18.9. The van der Waals surface area contributed by atoms with Crippen molar-refractivity contribution in [2.75, 3.05) is 18.8 Å². The van der Waals surface area contributed by atoms with E-state index in [1.165, 1.54) is 0 Å². The van der Waals surface area contributed by atoms with Crippen LogP contribution in [0.15, 0.2) is 23.1 Å². The molecule has 0 aliphatic carbocycles. The highest BCUT2D eigenvalue weighted by atomic mass is 32.2. The maximum absolute atomic E-state index is 12.8. The van der Waals surface area contributed by atoms with Crippen LogP contribution in [-0.4, -0.2) is 25.8 Å². The van der Waals surface area contributed by atoms with Gasteiger partial charge in [0.1, 0.15) is 4.90 Å². The van der Waals surface area contributed by atoms with E-state index in [-0.39, 0.29) is 10.3 Å². The summed E-state index contributed by atoms with van der Waals surface area (Å²) in [4.78, 5) is 0.277. The van der Waals surface area contributed by atoms with Gasteiger partial charge in [0, 0.05) is 13.1 Å². The molecule has 1 saturated heterocycles. The second-order valence-corrected chi connectivity index (χ2v) is 8.91. The number of anilines is 1. The quantitative estimate of drug-likeness (QED) is 0.854. The standard InChI is InChI=1S/C16H26N2O2S/c1-12-6-5-7-14(17)15(12)21(19,20)18-10-8-13(9-11-18)16(2,3)4/h5-7,13H,8-11,17H2,1-4H3. The predicted molar refractivity (Wildman–Crippen MR) is 86.5 cm³/mol. The van der Waals surface area contributed by atoms with Crippen molar-refractivity contribution in [3.63, 3.8) is 0 Å². The van der Waals surface area contributed by atoms with Gasteiger partial charge in [-0.2, -0.15) is 4.31 Å². The number of rotatable bonds is 2. The monoisotopic (exact) mass is 310 g/mol. The Morgan fingerprint density at radius 1 is 1.19 bits per heavy atom. The second kappa shape index (κ2) is 5.61. The molecular weight excluding hydrogens is 284 g/mol. The summed E-state index contributed by atoms with van der Waals surface area (Å²) in [5.74, 6) is 0.568. The van der Waals surface area contributed by atoms with Crippen molar-refractivity contribution in [2.24, 2.45) is 11.3 Å². The van der Waals surface area contributed by atoms with E-state index in [4.69, 9.17) is 5.73 Å². The Kier molecular flexibility index (Phi) is 4.36. The Labute approximate surface area is 128 Å². The van der Waals surface area contributed by atoms with E-state index in [9.17, 15) is 8.42 Å². The molecule has 0 aromatic heterocycles. The Morgan fingerprint density at radius 2 is 1.76 bits per heavy atom. The fourth-order valence-corrected chi connectivity index (χ4v) is 4.91. The fourth-order valence-electron chi connectivity index (χ4n) is 3.12. The number of hydrogen-bond donors (Lipinski definition) is 1. The lowest BCUT2D eigenvalue weighted by Gasteiger charge is -2.38. The van der Waals surface area contributed by atoms with Gasteiger partial charge in [0.15, 0.2) is 0 Å². The Hall–Kier alpha value is -1.07. The average molecular weight is 310 g/mol. The highest BCUT2D eigenvalue weighted by Crippen LogP contribution is 2.36. The number of hydrogen-bond acceptors (Lipinski definition) is 3. The van der Waals surface area contributed by atoms with Crippen LogP contribution in [0.5, 0.6) is 0 Å². The molecule has 21 heavy (non-hydrogen) atoms. The largest absolute Gasteiger partial charge is 0.398 e. The summed E-state index contributed by atoms with van der Waals surface area (Å²) in [5, 5.41) is 0. The highest BCUT2D eigenvalue weighted by molar-refractivity contribution is 7.89. The maximum Gasteiger partial charge on any atom is 0.245 e. The van der Waals surface area contributed by atoms with E-state index >= 15 is 0 Å². The van der Waals surface area contributed by atoms with Gasteiger partial charge in [0.2, 0.25) is 10.0 Å². The molecule has 1 aliphatic rings. The number of nitrogen functional groups attached to an aromatic ring is 1. The van der Waals surface area contributed by atoms with Gasteiger partial charge in [-0.15, -0.1) is 0 Å². The summed E-state index contributed by atoms with van der Waals surface area (Å²) < 4.78 is 27.3. The van der Waals surface area contributed by atoms with Gasteiger partial charge in [0.25, 0.3) is 0 Å². The van der Waals surface area contributed by atoms with E-state index in [1.807, 2.05) is 0 Å². The molecule has 0 radical (unpaired) electrons. The van der Waals surface area contributed by atoms with Gasteiger partial charge in [0.05, 0.1) is 5.69 Å². The Bertz CT molecular complexity index is 589. The van der Waals surface area contributed by atoms with E-state index in [2.05, 4.69) is 20.8 Å². The van der Waals surface area contributed by atoms with Crippen molar-refractivity contribution in [1.29, 1.82) is 0 Å². The maximum atomic E-state index is 12.8.